The van der Waals surface area contributed by atoms with Gasteiger partial charge in [0, 0.05) is 25.2 Å². The summed E-state index contributed by atoms with van der Waals surface area (Å²) in [4.78, 5) is 5.40. The molecule has 3 aliphatic rings. The van der Waals surface area contributed by atoms with Crippen LogP contribution in [0, 0.1) is 11.3 Å². The molecule has 0 bridgehead atoms. The SMILES string of the molecule is CCNC1(C#N)CCC(N2CCC(N3CCCCC3)C2)C1. The lowest BCUT2D eigenvalue weighted by molar-refractivity contribution is 0.151. The Hall–Kier alpha value is -0.630. The number of nitriles is 1. The summed E-state index contributed by atoms with van der Waals surface area (Å²) in [6, 6.07) is 3.96. The minimum Gasteiger partial charge on any atom is -0.300 e. The van der Waals surface area contributed by atoms with Gasteiger partial charge in [0.2, 0.25) is 0 Å². The molecule has 4 nitrogen and oxygen atoms in total. The molecule has 3 unspecified atom stereocenters. The van der Waals surface area contributed by atoms with E-state index in [1.54, 1.807) is 0 Å². The van der Waals surface area contributed by atoms with Crippen molar-refractivity contribution in [3.05, 3.63) is 0 Å². The minimum atomic E-state index is -0.247. The van der Waals surface area contributed by atoms with Gasteiger partial charge in [-0.15, -0.1) is 0 Å². The van der Waals surface area contributed by atoms with E-state index >= 15 is 0 Å². The van der Waals surface area contributed by atoms with Gasteiger partial charge in [-0.2, -0.15) is 5.26 Å². The van der Waals surface area contributed by atoms with Crippen LogP contribution in [-0.4, -0.2) is 60.1 Å². The molecule has 0 radical (unpaired) electrons. The first-order valence-electron chi connectivity index (χ1n) is 8.91. The van der Waals surface area contributed by atoms with Crippen LogP contribution in [0.25, 0.3) is 0 Å². The maximum Gasteiger partial charge on any atom is 0.108 e. The Kier molecular flexibility index (Phi) is 4.83. The van der Waals surface area contributed by atoms with Crippen LogP contribution in [0.15, 0.2) is 0 Å². The average Bonchev–Trinajstić information content (AvgIpc) is 3.16. The van der Waals surface area contributed by atoms with Gasteiger partial charge < -0.3 is 0 Å². The van der Waals surface area contributed by atoms with Crippen molar-refractivity contribution in [1.29, 1.82) is 5.26 Å². The highest BCUT2D eigenvalue weighted by molar-refractivity contribution is 5.13. The minimum absolute atomic E-state index is 0.247. The number of hydrogen-bond donors (Lipinski definition) is 1. The van der Waals surface area contributed by atoms with Crippen LogP contribution in [0.3, 0.4) is 0 Å². The van der Waals surface area contributed by atoms with Gasteiger partial charge >= 0.3 is 0 Å². The molecule has 1 saturated carbocycles. The predicted molar refractivity (Wildman–Crippen MR) is 85.1 cm³/mol. The zero-order valence-electron chi connectivity index (χ0n) is 13.5. The number of piperidine rings is 1. The predicted octanol–water partition coefficient (Wildman–Crippen LogP) is 1.97. The Morgan fingerprint density at radius 1 is 1.10 bits per heavy atom. The molecule has 0 aromatic rings. The maximum atomic E-state index is 9.52. The first kappa shape index (κ1) is 15.3. The van der Waals surface area contributed by atoms with Crippen molar-refractivity contribution in [3.63, 3.8) is 0 Å². The average molecular weight is 290 g/mol. The van der Waals surface area contributed by atoms with Crippen LogP contribution in [0.2, 0.25) is 0 Å². The third kappa shape index (κ3) is 3.26. The van der Waals surface area contributed by atoms with E-state index in [-0.39, 0.29) is 5.54 Å². The van der Waals surface area contributed by atoms with Crippen LogP contribution >= 0.6 is 0 Å². The molecule has 4 heteroatoms. The highest BCUT2D eigenvalue weighted by atomic mass is 15.3. The Morgan fingerprint density at radius 2 is 1.90 bits per heavy atom. The summed E-state index contributed by atoms with van der Waals surface area (Å²) in [6.07, 6.45) is 8.75. The number of nitrogens with one attached hydrogen (secondary N) is 1. The van der Waals surface area contributed by atoms with Crippen LogP contribution in [0.1, 0.15) is 51.9 Å². The van der Waals surface area contributed by atoms with E-state index in [9.17, 15) is 5.26 Å². The molecule has 2 aliphatic heterocycles. The monoisotopic (exact) mass is 290 g/mol. The third-order valence-corrected chi connectivity index (χ3v) is 5.84. The molecular formula is C17H30N4. The molecule has 2 saturated heterocycles. The molecule has 0 aromatic heterocycles. The number of likely N-dealkylation sites (tertiary alicyclic amines) is 2. The molecule has 3 fully saturated rings. The highest BCUT2D eigenvalue weighted by Gasteiger charge is 2.43. The van der Waals surface area contributed by atoms with Gasteiger partial charge in [0.05, 0.1) is 6.07 Å². The third-order valence-electron chi connectivity index (χ3n) is 5.84. The maximum absolute atomic E-state index is 9.52. The summed E-state index contributed by atoms with van der Waals surface area (Å²) in [5.41, 5.74) is -0.247. The summed E-state index contributed by atoms with van der Waals surface area (Å²) < 4.78 is 0. The zero-order valence-corrected chi connectivity index (χ0v) is 13.5. The van der Waals surface area contributed by atoms with Gasteiger partial charge in [0.25, 0.3) is 0 Å². The zero-order chi connectivity index (χ0) is 14.7. The van der Waals surface area contributed by atoms with Gasteiger partial charge in [-0.3, -0.25) is 15.1 Å². The van der Waals surface area contributed by atoms with Crippen LogP contribution in [0.5, 0.6) is 0 Å². The second-order valence-electron chi connectivity index (χ2n) is 7.15. The second kappa shape index (κ2) is 6.64. The lowest BCUT2D eigenvalue weighted by Crippen LogP contribution is -2.44. The molecule has 1 N–H and O–H groups in total. The largest absolute Gasteiger partial charge is 0.300 e. The summed E-state index contributed by atoms with van der Waals surface area (Å²) in [5, 5.41) is 13.0. The molecule has 0 amide bonds. The van der Waals surface area contributed by atoms with Gasteiger partial charge in [-0.05, 0) is 58.2 Å². The van der Waals surface area contributed by atoms with E-state index in [1.165, 1.54) is 58.3 Å². The molecule has 0 spiro atoms. The standard InChI is InChI=1S/C17H30N4/c1-2-19-17(14-18)8-6-15(12-17)21-11-7-16(13-21)20-9-4-3-5-10-20/h15-16,19H,2-13H2,1H3. The van der Waals surface area contributed by atoms with Gasteiger partial charge in [-0.25, -0.2) is 0 Å². The second-order valence-corrected chi connectivity index (χ2v) is 7.15. The number of nitrogens with zero attached hydrogens (tertiary/aromatic N) is 3. The molecular weight excluding hydrogens is 260 g/mol. The molecule has 0 aromatic carbocycles. The van der Waals surface area contributed by atoms with Gasteiger partial charge in [0.1, 0.15) is 5.54 Å². The van der Waals surface area contributed by atoms with Crippen molar-refractivity contribution in [2.75, 3.05) is 32.7 Å². The quantitative estimate of drug-likeness (QED) is 0.859. The van der Waals surface area contributed by atoms with Crippen molar-refractivity contribution in [3.8, 4) is 6.07 Å². The first-order chi connectivity index (χ1) is 10.3. The van der Waals surface area contributed by atoms with Crippen molar-refractivity contribution in [2.45, 2.75) is 69.5 Å². The Morgan fingerprint density at radius 3 is 2.62 bits per heavy atom. The summed E-state index contributed by atoms with van der Waals surface area (Å²) in [6.45, 7) is 8.09. The summed E-state index contributed by atoms with van der Waals surface area (Å²) in [5.74, 6) is 0. The fraction of sp³-hybridized carbons (Fsp3) is 0.941. The Balaban J connectivity index is 1.54. The first-order valence-corrected chi connectivity index (χ1v) is 8.91. The van der Waals surface area contributed by atoms with E-state index in [0.29, 0.717) is 6.04 Å². The summed E-state index contributed by atoms with van der Waals surface area (Å²) >= 11 is 0. The van der Waals surface area contributed by atoms with E-state index in [4.69, 9.17) is 0 Å². The molecule has 3 rings (SSSR count). The van der Waals surface area contributed by atoms with Crippen LogP contribution < -0.4 is 5.32 Å². The van der Waals surface area contributed by atoms with Gasteiger partial charge in [0.15, 0.2) is 0 Å². The molecule has 3 atom stereocenters. The van der Waals surface area contributed by atoms with Crippen molar-refractivity contribution < 1.29 is 0 Å². The topological polar surface area (TPSA) is 42.3 Å². The van der Waals surface area contributed by atoms with E-state index in [2.05, 4.69) is 28.1 Å². The van der Waals surface area contributed by atoms with Gasteiger partial charge in [-0.1, -0.05) is 13.3 Å². The van der Waals surface area contributed by atoms with Crippen LogP contribution in [0.4, 0.5) is 0 Å². The molecule has 1 aliphatic carbocycles. The lowest BCUT2D eigenvalue weighted by atomic mass is 9.99. The fourth-order valence-corrected chi connectivity index (χ4v) is 4.65. The van der Waals surface area contributed by atoms with E-state index in [0.717, 1.165) is 25.4 Å². The highest BCUT2D eigenvalue weighted by Crippen LogP contribution is 2.35. The summed E-state index contributed by atoms with van der Waals surface area (Å²) in [7, 11) is 0. The van der Waals surface area contributed by atoms with Crippen molar-refractivity contribution >= 4 is 0 Å². The normalized spacial score (nSPS) is 38.7. The smallest absolute Gasteiger partial charge is 0.108 e. The Bertz CT molecular complexity index is 385. The number of hydrogen-bond acceptors (Lipinski definition) is 4. The molecule has 118 valence electrons. The molecule has 2 heterocycles. The van der Waals surface area contributed by atoms with Crippen molar-refractivity contribution in [1.82, 2.24) is 15.1 Å². The van der Waals surface area contributed by atoms with E-state index in [1.807, 2.05) is 0 Å². The Labute approximate surface area is 129 Å². The van der Waals surface area contributed by atoms with E-state index < -0.39 is 0 Å². The number of rotatable bonds is 4. The lowest BCUT2D eigenvalue weighted by Gasteiger charge is -2.33. The van der Waals surface area contributed by atoms with Crippen molar-refractivity contribution in [2.24, 2.45) is 0 Å². The fourth-order valence-electron chi connectivity index (χ4n) is 4.65. The van der Waals surface area contributed by atoms with Crippen LogP contribution in [-0.2, 0) is 0 Å². The molecule has 21 heavy (non-hydrogen) atoms.